The van der Waals surface area contributed by atoms with Crippen LogP contribution in [0.1, 0.15) is 33.4 Å². The quantitative estimate of drug-likeness (QED) is 0.858. The first-order valence-corrected chi connectivity index (χ1v) is 6.64. The van der Waals surface area contributed by atoms with Crippen LogP contribution < -0.4 is 5.32 Å². The molecule has 1 aliphatic rings. The van der Waals surface area contributed by atoms with Crippen molar-refractivity contribution in [1.82, 2.24) is 5.32 Å². The Morgan fingerprint density at radius 3 is 1.71 bits per heavy atom. The number of cyclic esters (lactones) is 1. The molecule has 1 fully saturated rings. The fourth-order valence-corrected chi connectivity index (χ4v) is 2.97. The maximum Gasteiger partial charge on any atom is 0.434 e. The Hall–Kier alpha value is -1.72. The number of hydrogen-bond acceptors (Lipinski definition) is 2. The van der Waals surface area contributed by atoms with Crippen LogP contribution in [0.3, 0.4) is 0 Å². The average molecular weight is 301 g/mol. The van der Waals surface area contributed by atoms with Crippen LogP contribution in [0, 0.1) is 34.6 Å². The van der Waals surface area contributed by atoms with E-state index in [2.05, 4.69) is 5.32 Å². The summed E-state index contributed by atoms with van der Waals surface area (Å²) in [6, 6.07) is 0. The molecule has 1 aromatic carbocycles. The summed E-state index contributed by atoms with van der Waals surface area (Å²) in [4.78, 5) is 11.3. The predicted molar refractivity (Wildman–Crippen MR) is 72.3 cm³/mol. The fraction of sp³-hybridized carbons (Fsp3) is 0.533. The zero-order valence-corrected chi connectivity index (χ0v) is 12.7. The first kappa shape index (κ1) is 15.7. The van der Waals surface area contributed by atoms with Crippen molar-refractivity contribution in [3.63, 3.8) is 0 Å². The second-order valence-electron chi connectivity index (χ2n) is 5.57. The van der Waals surface area contributed by atoms with Crippen molar-refractivity contribution >= 4 is 6.09 Å². The van der Waals surface area contributed by atoms with Gasteiger partial charge in [0.2, 0.25) is 0 Å². The second kappa shape index (κ2) is 4.64. The van der Waals surface area contributed by atoms with Crippen molar-refractivity contribution in [2.45, 2.75) is 46.4 Å². The largest absolute Gasteiger partial charge is 0.434 e. The SMILES string of the molecule is Cc1c(C)c(C)c(C2(C(F)(F)F)CNC(=O)O2)c(C)c1C. The fourth-order valence-electron chi connectivity index (χ4n) is 2.97. The molecule has 1 N–H and O–H groups in total. The van der Waals surface area contributed by atoms with Gasteiger partial charge in [0, 0.05) is 5.56 Å². The molecule has 0 bridgehead atoms. The summed E-state index contributed by atoms with van der Waals surface area (Å²) in [5.41, 5.74) is 1.02. The van der Waals surface area contributed by atoms with Crippen LogP contribution in [-0.2, 0) is 10.3 Å². The smallest absolute Gasteiger partial charge is 0.426 e. The number of rotatable bonds is 1. The van der Waals surface area contributed by atoms with Crippen LogP contribution in [0.25, 0.3) is 0 Å². The molecule has 1 unspecified atom stereocenters. The van der Waals surface area contributed by atoms with Gasteiger partial charge in [0.05, 0.1) is 6.54 Å². The van der Waals surface area contributed by atoms with Gasteiger partial charge >= 0.3 is 12.3 Å². The van der Waals surface area contributed by atoms with E-state index in [1.807, 2.05) is 6.92 Å². The number of benzene rings is 1. The van der Waals surface area contributed by atoms with Gasteiger partial charge in [-0.3, -0.25) is 0 Å². The van der Waals surface area contributed by atoms with Gasteiger partial charge in [-0.25, -0.2) is 4.79 Å². The highest BCUT2D eigenvalue weighted by Crippen LogP contribution is 2.47. The van der Waals surface area contributed by atoms with Crippen molar-refractivity contribution < 1.29 is 22.7 Å². The third-order valence-corrected chi connectivity index (χ3v) is 4.61. The number of halogens is 3. The Labute approximate surface area is 121 Å². The summed E-state index contributed by atoms with van der Waals surface area (Å²) in [6.07, 6.45) is -5.72. The number of carbonyl (C=O) groups is 1. The summed E-state index contributed by atoms with van der Waals surface area (Å²) in [5, 5.41) is 2.14. The van der Waals surface area contributed by atoms with Crippen molar-refractivity contribution in [3.8, 4) is 0 Å². The third-order valence-electron chi connectivity index (χ3n) is 4.61. The lowest BCUT2D eigenvalue weighted by Crippen LogP contribution is -2.47. The molecule has 1 amide bonds. The van der Waals surface area contributed by atoms with Gasteiger partial charge in [-0.1, -0.05) is 0 Å². The zero-order chi connectivity index (χ0) is 16.2. The van der Waals surface area contributed by atoms with Crippen LogP contribution in [0.2, 0.25) is 0 Å². The molecule has 1 heterocycles. The summed E-state index contributed by atoms with van der Waals surface area (Å²) in [7, 11) is 0. The summed E-state index contributed by atoms with van der Waals surface area (Å²) < 4.78 is 45.8. The molecule has 1 saturated heterocycles. The molecular weight excluding hydrogens is 283 g/mol. The topological polar surface area (TPSA) is 38.3 Å². The van der Waals surface area contributed by atoms with Crippen LogP contribution in [0.4, 0.5) is 18.0 Å². The van der Waals surface area contributed by atoms with E-state index in [9.17, 15) is 18.0 Å². The van der Waals surface area contributed by atoms with E-state index in [4.69, 9.17) is 4.74 Å². The van der Waals surface area contributed by atoms with Gasteiger partial charge in [0.15, 0.2) is 0 Å². The van der Waals surface area contributed by atoms with E-state index in [1.54, 1.807) is 27.7 Å². The second-order valence-corrected chi connectivity index (χ2v) is 5.57. The molecule has 1 aromatic rings. The molecule has 1 aliphatic heterocycles. The molecule has 6 heteroatoms. The lowest BCUT2D eigenvalue weighted by atomic mass is 9.80. The minimum Gasteiger partial charge on any atom is -0.426 e. The van der Waals surface area contributed by atoms with Crippen LogP contribution in [0.15, 0.2) is 0 Å². The first-order chi connectivity index (χ1) is 9.53. The zero-order valence-electron chi connectivity index (χ0n) is 12.7. The van der Waals surface area contributed by atoms with E-state index >= 15 is 0 Å². The molecule has 21 heavy (non-hydrogen) atoms. The van der Waals surface area contributed by atoms with E-state index < -0.39 is 24.4 Å². The number of carbonyl (C=O) groups excluding carboxylic acids is 1. The first-order valence-electron chi connectivity index (χ1n) is 6.64. The third kappa shape index (κ3) is 2.08. The molecule has 116 valence electrons. The highest BCUT2D eigenvalue weighted by atomic mass is 19.4. The number of amides is 1. The lowest BCUT2D eigenvalue weighted by Gasteiger charge is -2.33. The molecule has 3 nitrogen and oxygen atoms in total. The maximum atomic E-state index is 13.7. The van der Waals surface area contributed by atoms with Crippen LogP contribution in [-0.4, -0.2) is 18.8 Å². The number of alkyl halides is 3. The Morgan fingerprint density at radius 1 is 0.952 bits per heavy atom. The highest BCUT2D eigenvalue weighted by Gasteiger charge is 2.63. The van der Waals surface area contributed by atoms with Crippen molar-refractivity contribution in [2.24, 2.45) is 0 Å². The summed E-state index contributed by atoms with van der Waals surface area (Å²) >= 11 is 0. The molecule has 0 saturated carbocycles. The van der Waals surface area contributed by atoms with Gasteiger partial charge in [-0.15, -0.1) is 0 Å². The molecule has 0 aliphatic carbocycles. The normalized spacial score (nSPS) is 22.2. The molecule has 1 atom stereocenters. The van der Waals surface area contributed by atoms with E-state index in [0.29, 0.717) is 11.1 Å². The van der Waals surface area contributed by atoms with Gasteiger partial charge in [-0.2, -0.15) is 13.2 Å². The number of nitrogens with one attached hydrogen (secondary N) is 1. The van der Waals surface area contributed by atoms with Crippen LogP contribution >= 0.6 is 0 Å². The number of ether oxygens (including phenoxy) is 1. The molecule has 0 radical (unpaired) electrons. The molecule has 0 aromatic heterocycles. The highest BCUT2D eigenvalue weighted by molar-refractivity contribution is 5.72. The van der Waals surface area contributed by atoms with Crippen molar-refractivity contribution in [1.29, 1.82) is 0 Å². The average Bonchev–Trinajstić information content (AvgIpc) is 2.77. The lowest BCUT2D eigenvalue weighted by molar-refractivity contribution is -0.250. The molecule has 0 spiro atoms. The Morgan fingerprint density at radius 2 is 1.38 bits per heavy atom. The minimum atomic E-state index is -4.68. The van der Waals surface area contributed by atoms with Gasteiger partial charge in [0.1, 0.15) is 0 Å². The van der Waals surface area contributed by atoms with E-state index in [0.717, 1.165) is 16.7 Å². The van der Waals surface area contributed by atoms with Crippen molar-refractivity contribution in [2.75, 3.05) is 6.54 Å². The number of hydrogen-bond donors (Lipinski definition) is 1. The Bertz CT molecular complexity index is 593. The molecular formula is C15H18F3NO2. The van der Waals surface area contributed by atoms with Crippen LogP contribution in [0.5, 0.6) is 0 Å². The number of alkyl carbamates (subject to hydrolysis) is 1. The monoisotopic (exact) mass is 301 g/mol. The minimum absolute atomic E-state index is 0.0500. The van der Waals surface area contributed by atoms with Gasteiger partial charge < -0.3 is 10.1 Å². The Kier molecular flexibility index (Phi) is 3.46. The predicted octanol–water partition coefficient (Wildman–Crippen LogP) is 3.73. The van der Waals surface area contributed by atoms with Crippen molar-refractivity contribution in [3.05, 3.63) is 33.4 Å². The summed E-state index contributed by atoms with van der Waals surface area (Å²) in [5.74, 6) is 0. The van der Waals surface area contributed by atoms with Gasteiger partial charge in [-0.05, 0) is 62.4 Å². The summed E-state index contributed by atoms with van der Waals surface area (Å²) in [6.45, 7) is 8.14. The Balaban J connectivity index is 2.83. The standard InChI is InChI=1S/C15H18F3NO2/c1-7-8(2)10(4)12(11(5)9(7)3)14(15(16,17)18)6-19-13(20)21-14/h6H2,1-5H3,(H,19,20). The van der Waals surface area contributed by atoms with E-state index in [-0.39, 0.29) is 5.56 Å². The van der Waals surface area contributed by atoms with E-state index in [1.165, 1.54) is 0 Å². The van der Waals surface area contributed by atoms with Gasteiger partial charge in [0.25, 0.3) is 5.60 Å². The maximum absolute atomic E-state index is 13.7. The molecule has 2 rings (SSSR count).